The lowest BCUT2D eigenvalue weighted by Gasteiger charge is -2.06. The largest absolute Gasteiger partial charge is 0.506 e. The molecule has 244 valence electrons. The molecule has 0 aliphatic carbocycles. The van der Waals surface area contributed by atoms with Crippen molar-refractivity contribution in [3.8, 4) is 0 Å². The zero-order chi connectivity index (χ0) is 29.9. The molecule has 0 aromatic heterocycles. The highest BCUT2D eigenvalue weighted by Gasteiger charge is 2.04. The van der Waals surface area contributed by atoms with Gasteiger partial charge in [-0.15, -0.1) is 0 Å². The highest BCUT2D eigenvalue weighted by molar-refractivity contribution is 4.93. The fraction of sp³-hybridized carbons (Fsp3) is 0.892. The van der Waals surface area contributed by atoms with Crippen molar-refractivity contribution >= 4 is 0 Å². The number of ether oxygens (including phenoxy) is 2. The molecule has 0 fully saturated rings. The van der Waals surface area contributed by atoms with Gasteiger partial charge < -0.3 is 19.7 Å². The first kappa shape index (κ1) is 39.8. The van der Waals surface area contributed by atoms with Gasteiger partial charge in [-0.1, -0.05) is 162 Å². The van der Waals surface area contributed by atoms with E-state index in [2.05, 4.69) is 13.8 Å². The first-order valence-electron chi connectivity index (χ1n) is 18.2. The minimum absolute atomic E-state index is 0.0584. The third-order valence-electron chi connectivity index (χ3n) is 8.09. The Morgan fingerprint density at radius 2 is 0.829 bits per heavy atom. The van der Waals surface area contributed by atoms with E-state index in [0.717, 1.165) is 51.7 Å². The van der Waals surface area contributed by atoms with Crippen molar-refractivity contribution in [1.29, 1.82) is 0 Å². The highest BCUT2D eigenvalue weighted by Crippen LogP contribution is 2.15. The summed E-state index contributed by atoms with van der Waals surface area (Å²) in [4.78, 5) is 0. The summed E-state index contributed by atoms with van der Waals surface area (Å²) in [6, 6.07) is 0. The maximum atomic E-state index is 10.00. The van der Waals surface area contributed by atoms with Gasteiger partial charge in [-0.25, -0.2) is 0 Å². The van der Waals surface area contributed by atoms with Crippen LogP contribution in [0.2, 0.25) is 0 Å². The van der Waals surface area contributed by atoms with Crippen LogP contribution in [0.3, 0.4) is 0 Å². The normalized spacial score (nSPS) is 12.3. The van der Waals surface area contributed by atoms with Gasteiger partial charge in [0.15, 0.2) is 5.76 Å². The first-order chi connectivity index (χ1) is 20.2. The maximum absolute atomic E-state index is 10.00. The van der Waals surface area contributed by atoms with Crippen LogP contribution in [0.15, 0.2) is 24.0 Å². The zero-order valence-corrected chi connectivity index (χ0v) is 27.8. The van der Waals surface area contributed by atoms with Crippen LogP contribution in [0.25, 0.3) is 0 Å². The van der Waals surface area contributed by atoms with Crippen LogP contribution in [0.5, 0.6) is 0 Å². The monoisotopic (exact) mass is 581 g/mol. The molecule has 0 spiro atoms. The minimum atomic E-state index is -0.362. The molecule has 0 bridgehead atoms. The summed E-state index contributed by atoms with van der Waals surface area (Å²) in [5, 5.41) is 19.9. The van der Waals surface area contributed by atoms with Gasteiger partial charge in [0.2, 0.25) is 0 Å². The van der Waals surface area contributed by atoms with E-state index in [1.54, 1.807) is 0 Å². The van der Waals surface area contributed by atoms with Crippen molar-refractivity contribution < 1.29 is 19.7 Å². The Bertz CT molecular complexity index is 557. The van der Waals surface area contributed by atoms with E-state index in [9.17, 15) is 10.2 Å². The molecule has 4 heteroatoms. The van der Waals surface area contributed by atoms with Crippen LogP contribution in [0.4, 0.5) is 0 Å². The Hall–Kier alpha value is -1.16. The van der Waals surface area contributed by atoms with Crippen LogP contribution in [-0.4, -0.2) is 23.4 Å². The second-order valence-electron chi connectivity index (χ2n) is 12.2. The minimum Gasteiger partial charge on any atom is -0.506 e. The standard InChI is InChI=1S/C37H72O4/c1-3-5-7-9-11-13-14-15-16-17-18-19-20-21-22-24-26-31-35-41-37(39)36(38)32-28-27-30-34-40-33-29-25-23-12-10-8-6-4-2/h31,35,38-39H,3-30,32-34H2,1-2H3/b35-31+,37-36+. The number of hydrogen-bond donors (Lipinski definition) is 2. The van der Waals surface area contributed by atoms with Gasteiger partial charge in [0, 0.05) is 19.6 Å². The van der Waals surface area contributed by atoms with Gasteiger partial charge in [-0.3, -0.25) is 0 Å². The molecule has 2 N–H and O–H groups in total. The molecular weight excluding hydrogens is 508 g/mol. The van der Waals surface area contributed by atoms with Crippen LogP contribution >= 0.6 is 0 Å². The Balaban J connectivity index is 3.40. The van der Waals surface area contributed by atoms with Gasteiger partial charge in [0.05, 0.1) is 6.26 Å². The van der Waals surface area contributed by atoms with Crippen molar-refractivity contribution in [1.82, 2.24) is 0 Å². The molecule has 4 nitrogen and oxygen atoms in total. The highest BCUT2D eigenvalue weighted by atomic mass is 16.6. The van der Waals surface area contributed by atoms with Crippen molar-refractivity contribution in [3.05, 3.63) is 24.0 Å². The SMILES string of the molecule is CCCCCCCCCCCCCCCCCC/C=C/O/C(O)=C(/O)CCCCCOCCCCCCCCCC. The van der Waals surface area contributed by atoms with E-state index in [-0.39, 0.29) is 11.7 Å². The molecule has 41 heavy (non-hydrogen) atoms. The van der Waals surface area contributed by atoms with Crippen molar-refractivity contribution in [2.75, 3.05) is 13.2 Å². The zero-order valence-electron chi connectivity index (χ0n) is 27.8. The Labute approximate surface area is 256 Å². The van der Waals surface area contributed by atoms with Gasteiger partial charge in [0.25, 0.3) is 0 Å². The summed E-state index contributed by atoms with van der Waals surface area (Å²) in [5.74, 6) is -0.420. The average Bonchev–Trinajstić information content (AvgIpc) is 2.98. The molecule has 0 aliphatic heterocycles. The van der Waals surface area contributed by atoms with Crippen molar-refractivity contribution in [3.63, 3.8) is 0 Å². The van der Waals surface area contributed by atoms with Crippen LogP contribution < -0.4 is 0 Å². The van der Waals surface area contributed by atoms with Gasteiger partial charge in [-0.05, 0) is 38.2 Å². The molecular formula is C37H72O4. The molecule has 0 rings (SSSR count). The van der Waals surface area contributed by atoms with Crippen molar-refractivity contribution in [2.45, 2.75) is 200 Å². The van der Waals surface area contributed by atoms with Gasteiger partial charge in [0.1, 0.15) is 0 Å². The molecule has 0 aromatic carbocycles. The molecule has 0 atom stereocenters. The maximum Gasteiger partial charge on any atom is 0.321 e. The fourth-order valence-electron chi connectivity index (χ4n) is 5.28. The third-order valence-corrected chi connectivity index (χ3v) is 8.09. The first-order valence-corrected chi connectivity index (χ1v) is 18.2. The van der Waals surface area contributed by atoms with Crippen LogP contribution in [0, 0.1) is 0 Å². The summed E-state index contributed by atoms with van der Waals surface area (Å²) in [7, 11) is 0. The molecule has 0 heterocycles. The van der Waals surface area contributed by atoms with E-state index in [4.69, 9.17) is 9.47 Å². The van der Waals surface area contributed by atoms with E-state index in [1.165, 1.54) is 148 Å². The van der Waals surface area contributed by atoms with E-state index >= 15 is 0 Å². The number of aliphatic hydroxyl groups excluding tert-OH is 2. The number of unbranched alkanes of at least 4 members (excludes halogenated alkanes) is 25. The Kier molecular flexibility index (Phi) is 34.0. The summed E-state index contributed by atoms with van der Waals surface area (Å²) in [6.07, 6.45) is 40.3. The molecule has 0 saturated carbocycles. The molecule has 0 radical (unpaired) electrons. The number of aliphatic hydroxyl groups is 2. The fourth-order valence-corrected chi connectivity index (χ4v) is 5.28. The number of hydrogen-bond acceptors (Lipinski definition) is 4. The average molecular weight is 581 g/mol. The molecule has 0 aromatic rings. The number of rotatable bonds is 34. The molecule has 0 amide bonds. The Morgan fingerprint density at radius 1 is 0.463 bits per heavy atom. The molecule has 0 unspecified atom stereocenters. The Morgan fingerprint density at radius 3 is 1.27 bits per heavy atom. The van der Waals surface area contributed by atoms with Gasteiger partial charge >= 0.3 is 5.95 Å². The van der Waals surface area contributed by atoms with Crippen molar-refractivity contribution in [2.24, 2.45) is 0 Å². The van der Waals surface area contributed by atoms with Crippen LogP contribution in [0.1, 0.15) is 200 Å². The smallest absolute Gasteiger partial charge is 0.321 e. The van der Waals surface area contributed by atoms with E-state index < -0.39 is 0 Å². The molecule has 0 aliphatic rings. The quantitative estimate of drug-likeness (QED) is 0.0587. The summed E-state index contributed by atoms with van der Waals surface area (Å²) in [6.45, 7) is 6.19. The van der Waals surface area contributed by atoms with E-state index in [1.807, 2.05) is 6.08 Å². The molecule has 0 saturated heterocycles. The van der Waals surface area contributed by atoms with E-state index in [0.29, 0.717) is 6.42 Å². The second kappa shape index (κ2) is 35.0. The lowest BCUT2D eigenvalue weighted by atomic mass is 10.0. The summed E-state index contributed by atoms with van der Waals surface area (Å²) >= 11 is 0. The lowest BCUT2D eigenvalue weighted by Crippen LogP contribution is -1.98. The lowest BCUT2D eigenvalue weighted by molar-refractivity contribution is 0.124. The topological polar surface area (TPSA) is 58.9 Å². The number of allylic oxidation sites excluding steroid dienone is 2. The summed E-state index contributed by atoms with van der Waals surface area (Å²) < 4.78 is 10.9. The van der Waals surface area contributed by atoms with Crippen LogP contribution in [-0.2, 0) is 9.47 Å². The van der Waals surface area contributed by atoms with Gasteiger partial charge in [-0.2, -0.15) is 0 Å². The predicted molar refractivity (Wildman–Crippen MR) is 179 cm³/mol. The third kappa shape index (κ3) is 33.2. The predicted octanol–water partition coefficient (Wildman–Crippen LogP) is 13.2. The second-order valence-corrected chi connectivity index (χ2v) is 12.2. The summed E-state index contributed by atoms with van der Waals surface area (Å²) in [5.41, 5.74) is 0.